The molecule has 1 atom stereocenters. The second kappa shape index (κ2) is 6.55. The first-order valence-corrected chi connectivity index (χ1v) is 6.29. The van der Waals surface area contributed by atoms with Crippen molar-refractivity contribution in [1.29, 1.82) is 0 Å². The zero-order valence-corrected chi connectivity index (χ0v) is 10.7. The van der Waals surface area contributed by atoms with Crippen molar-refractivity contribution in [2.24, 2.45) is 5.92 Å². The monoisotopic (exact) mass is 242 g/mol. The number of aromatic nitrogens is 2. The van der Waals surface area contributed by atoms with Crippen LogP contribution in [0, 0.1) is 5.92 Å². The second-order valence-corrected chi connectivity index (χ2v) is 4.38. The van der Waals surface area contributed by atoms with E-state index in [1.54, 1.807) is 13.2 Å². The van der Waals surface area contributed by atoms with Crippen LogP contribution in [0.15, 0.2) is 11.2 Å². The Morgan fingerprint density at radius 2 is 2.31 bits per heavy atom. The number of nitrogen functional groups attached to an aromatic ring is 1. The van der Waals surface area contributed by atoms with E-state index in [0.717, 1.165) is 19.0 Å². The minimum absolute atomic E-state index is 0.430. The Kier molecular flexibility index (Phi) is 5.34. The summed E-state index contributed by atoms with van der Waals surface area (Å²) >= 11 is 1.47. The standard InChI is InChI=1S/C10H18N4OS/c1-7(6-15-2)5-12-9-4-8(11)13-10(14-9)16-3/h4,7H,5-6H2,1-3H3,(H3,11,12,13,14). The van der Waals surface area contributed by atoms with E-state index in [-0.39, 0.29) is 0 Å². The summed E-state index contributed by atoms with van der Waals surface area (Å²) in [6.45, 7) is 3.64. The van der Waals surface area contributed by atoms with Crippen LogP contribution in [0.4, 0.5) is 11.6 Å². The lowest BCUT2D eigenvalue weighted by atomic mass is 10.2. The van der Waals surface area contributed by atoms with Crippen molar-refractivity contribution in [1.82, 2.24) is 9.97 Å². The molecule has 0 aromatic carbocycles. The van der Waals surface area contributed by atoms with E-state index in [1.165, 1.54) is 11.8 Å². The molecular formula is C10H18N4OS. The minimum atomic E-state index is 0.430. The average molecular weight is 242 g/mol. The van der Waals surface area contributed by atoms with Crippen molar-refractivity contribution in [2.45, 2.75) is 12.1 Å². The van der Waals surface area contributed by atoms with Gasteiger partial charge in [-0.15, -0.1) is 0 Å². The van der Waals surface area contributed by atoms with E-state index in [1.807, 2.05) is 6.26 Å². The van der Waals surface area contributed by atoms with Crippen molar-refractivity contribution in [3.63, 3.8) is 0 Å². The number of ether oxygens (including phenoxy) is 1. The van der Waals surface area contributed by atoms with E-state index >= 15 is 0 Å². The number of nitrogens with one attached hydrogen (secondary N) is 1. The summed E-state index contributed by atoms with van der Waals surface area (Å²) in [4.78, 5) is 8.38. The average Bonchev–Trinajstić information content (AvgIpc) is 2.26. The van der Waals surface area contributed by atoms with E-state index in [4.69, 9.17) is 10.5 Å². The maximum Gasteiger partial charge on any atom is 0.191 e. The number of thioether (sulfide) groups is 1. The van der Waals surface area contributed by atoms with Crippen molar-refractivity contribution in [2.75, 3.05) is 37.6 Å². The number of methoxy groups -OCH3 is 1. The zero-order chi connectivity index (χ0) is 12.0. The lowest BCUT2D eigenvalue weighted by Crippen LogP contribution is -2.16. The smallest absolute Gasteiger partial charge is 0.191 e. The molecule has 5 nitrogen and oxygen atoms in total. The number of nitrogens with two attached hydrogens (primary N) is 1. The Morgan fingerprint density at radius 1 is 1.56 bits per heavy atom. The van der Waals surface area contributed by atoms with Crippen molar-refractivity contribution >= 4 is 23.4 Å². The summed E-state index contributed by atoms with van der Waals surface area (Å²) in [6.07, 6.45) is 1.92. The minimum Gasteiger partial charge on any atom is -0.384 e. The van der Waals surface area contributed by atoms with Gasteiger partial charge >= 0.3 is 0 Å². The Labute approximate surface area is 100 Å². The van der Waals surface area contributed by atoms with Crippen molar-refractivity contribution in [3.05, 3.63) is 6.07 Å². The number of nitrogens with zero attached hydrogens (tertiary/aromatic N) is 2. The molecule has 16 heavy (non-hydrogen) atoms. The second-order valence-electron chi connectivity index (χ2n) is 3.61. The molecule has 0 amide bonds. The molecule has 0 radical (unpaired) electrons. The van der Waals surface area contributed by atoms with E-state index < -0.39 is 0 Å². The number of hydrogen-bond acceptors (Lipinski definition) is 6. The molecular weight excluding hydrogens is 224 g/mol. The largest absolute Gasteiger partial charge is 0.384 e. The molecule has 1 aromatic rings. The predicted octanol–water partition coefficient (Wildman–Crippen LogP) is 1.48. The van der Waals surface area contributed by atoms with Crippen LogP contribution in [0.25, 0.3) is 0 Å². The third-order valence-electron chi connectivity index (χ3n) is 1.99. The van der Waals surface area contributed by atoms with Gasteiger partial charge in [-0.1, -0.05) is 18.7 Å². The van der Waals surface area contributed by atoms with Gasteiger partial charge in [0.2, 0.25) is 0 Å². The summed E-state index contributed by atoms with van der Waals surface area (Å²) in [7, 11) is 1.70. The van der Waals surface area contributed by atoms with Crippen LogP contribution in [0.1, 0.15) is 6.92 Å². The molecule has 0 aliphatic carbocycles. The first-order chi connectivity index (χ1) is 7.65. The number of rotatable bonds is 6. The Bertz CT molecular complexity index is 335. The maximum atomic E-state index is 5.67. The van der Waals surface area contributed by atoms with Gasteiger partial charge in [0, 0.05) is 19.7 Å². The molecule has 0 bridgehead atoms. The number of anilines is 2. The molecule has 0 fully saturated rings. The lowest BCUT2D eigenvalue weighted by molar-refractivity contribution is 0.164. The molecule has 90 valence electrons. The molecule has 0 spiro atoms. The summed E-state index contributed by atoms with van der Waals surface area (Å²) < 4.78 is 5.06. The van der Waals surface area contributed by atoms with Crippen LogP contribution in [0.5, 0.6) is 0 Å². The highest BCUT2D eigenvalue weighted by Gasteiger charge is 2.04. The van der Waals surface area contributed by atoms with Crippen LogP contribution in [0.3, 0.4) is 0 Å². The van der Waals surface area contributed by atoms with Gasteiger partial charge in [-0.25, -0.2) is 9.97 Å². The molecule has 1 rings (SSSR count). The van der Waals surface area contributed by atoms with Crippen LogP contribution in [-0.4, -0.2) is 36.5 Å². The quantitative estimate of drug-likeness (QED) is 0.581. The third kappa shape index (κ3) is 4.24. The fraction of sp³-hybridized carbons (Fsp3) is 0.600. The predicted molar refractivity (Wildman–Crippen MR) is 67.8 cm³/mol. The summed E-state index contributed by atoms with van der Waals surface area (Å²) in [5.41, 5.74) is 5.67. The summed E-state index contributed by atoms with van der Waals surface area (Å²) in [6, 6.07) is 1.74. The molecule has 6 heteroatoms. The SMILES string of the molecule is COCC(C)CNc1cc(N)nc(SC)n1. The van der Waals surface area contributed by atoms with Gasteiger partial charge in [0.15, 0.2) is 5.16 Å². The lowest BCUT2D eigenvalue weighted by Gasteiger charge is -2.12. The molecule has 1 heterocycles. The van der Waals surface area contributed by atoms with Gasteiger partial charge in [-0.2, -0.15) is 0 Å². The molecule has 0 saturated heterocycles. The molecule has 0 aliphatic rings. The highest BCUT2D eigenvalue weighted by Crippen LogP contribution is 2.15. The third-order valence-corrected chi connectivity index (χ3v) is 2.54. The van der Waals surface area contributed by atoms with Gasteiger partial charge in [0.1, 0.15) is 11.6 Å². The fourth-order valence-electron chi connectivity index (χ4n) is 1.25. The molecule has 1 unspecified atom stereocenters. The van der Waals surface area contributed by atoms with Crippen molar-refractivity contribution in [3.8, 4) is 0 Å². The van der Waals surface area contributed by atoms with E-state index in [2.05, 4.69) is 22.2 Å². The highest BCUT2D eigenvalue weighted by atomic mass is 32.2. The van der Waals surface area contributed by atoms with E-state index in [0.29, 0.717) is 16.9 Å². The van der Waals surface area contributed by atoms with Crippen LogP contribution in [0.2, 0.25) is 0 Å². The fourth-order valence-corrected chi connectivity index (χ4v) is 1.63. The summed E-state index contributed by atoms with van der Waals surface area (Å²) in [5, 5.41) is 3.90. The van der Waals surface area contributed by atoms with Gasteiger partial charge in [0.25, 0.3) is 0 Å². The van der Waals surface area contributed by atoms with Crippen LogP contribution >= 0.6 is 11.8 Å². The molecule has 0 aliphatic heterocycles. The first kappa shape index (κ1) is 13.1. The van der Waals surface area contributed by atoms with Crippen LogP contribution in [-0.2, 0) is 4.74 Å². The normalized spacial score (nSPS) is 12.4. The molecule has 3 N–H and O–H groups in total. The highest BCUT2D eigenvalue weighted by molar-refractivity contribution is 7.98. The topological polar surface area (TPSA) is 73.1 Å². The van der Waals surface area contributed by atoms with Gasteiger partial charge in [-0.05, 0) is 12.2 Å². The van der Waals surface area contributed by atoms with Gasteiger partial charge in [0.05, 0.1) is 6.61 Å². The Morgan fingerprint density at radius 3 is 2.94 bits per heavy atom. The Hall–Kier alpha value is -1.01. The number of hydrogen-bond donors (Lipinski definition) is 2. The zero-order valence-electron chi connectivity index (χ0n) is 9.86. The molecule has 1 aromatic heterocycles. The molecule has 0 saturated carbocycles. The van der Waals surface area contributed by atoms with Gasteiger partial charge in [-0.3, -0.25) is 0 Å². The van der Waals surface area contributed by atoms with Crippen molar-refractivity contribution < 1.29 is 4.74 Å². The Balaban J connectivity index is 2.56. The maximum absolute atomic E-state index is 5.67. The van der Waals surface area contributed by atoms with Crippen LogP contribution < -0.4 is 11.1 Å². The summed E-state index contributed by atoms with van der Waals surface area (Å²) in [5.74, 6) is 1.68. The van der Waals surface area contributed by atoms with E-state index in [9.17, 15) is 0 Å². The first-order valence-electron chi connectivity index (χ1n) is 5.07. The van der Waals surface area contributed by atoms with Gasteiger partial charge < -0.3 is 15.8 Å².